The van der Waals surface area contributed by atoms with Crippen LogP contribution in [0.15, 0.2) is 35.1 Å². The number of fused-ring (bicyclic) bond motifs is 3. The van der Waals surface area contributed by atoms with Gasteiger partial charge >= 0.3 is 0 Å². The minimum atomic E-state index is -1.32. The number of rotatable bonds is 2. The van der Waals surface area contributed by atoms with Crippen molar-refractivity contribution in [2.24, 2.45) is 7.05 Å². The Morgan fingerprint density at radius 3 is 2.55 bits per heavy atom. The van der Waals surface area contributed by atoms with E-state index in [1.54, 1.807) is 23.7 Å². The largest absolute Gasteiger partial charge is 0.550 e. The number of carbonyl (C=O) groups is 1. The highest BCUT2D eigenvalue weighted by Gasteiger charge is 2.20. The maximum absolute atomic E-state index is 12.4. The molecule has 22 heavy (non-hydrogen) atoms. The molecule has 0 saturated heterocycles. The Balaban J connectivity index is 2.58. The van der Waals surface area contributed by atoms with Crippen LogP contribution in [0.1, 0.15) is 24.0 Å². The van der Waals surface area contributed by atoms with Gasteiger partial charge in [0.15, 0.2) is 0 Å². The first kappa shape index (κ1) is 13.9. The minimum absolute atomic E-state index is 0.176. The van der Waals surface area contributed by atoms with E-state index < -0.39 is 11.9 Å². The Labute approximate surface area is 125 Å². The van der Waals surface area contributed by atoms with Gasteiger partial charge in [-0.05, 0) is 17.7 Å². The third kappa shape index (κ3) is 1.72. The van der Waals surface area contributed by atoms with E-state index in [1.807, 2.05) is 18.2 Å². The zero-order valence-corrected chi connectivity index (χ0v) is 12.0. The molecular weight excluding hydrogens is 282 g/mol. The van der Waals surface area contributed by atoms with Gasteiger partial charge in [0.05, 0.1) is 16.6 Å². The van der Waals surface area contributed by atoms with E-state index in [9.17, 15) is 20.0 Å². The van der Waals surface area contributed by atoms with Gasteiger partial charge in [-0.3, -0.25) is 9.20 Å². The van der Waals surface area contributed by atoms with Crippen molar-refractivity contribution < 1.29 is 9.90 Å². The van der Waals surface area contributed by atoms with Crippen molar-refractivity contribution in [2.75, 3.05) is 0 Å². The standard InChI is InChI=1S/C16H13N3O3/c1-9(16(21)22)10-7-14(20)19-13-6-4-3-5-12(13)18(2)15(19)11(10)8-17/h3-7,9H,1-2H3,(H,21,22)/p-1. The van der Waals surface area contributed by atoms with Crippen LogP contribution < -0.4 is 10.7 Å². The van der Waals surface area contributed by atoms with E-state index >= 15 is 0 Å². The fourth-order valence-corrected chi connectivity index (χ4v) is 2.80. The minimum Gasteiger partial charge on any atom is -0.550 e. The number of hydrogen-bond donors (Lipinski definition) is 0. The number of nitriles is 1. The van der Waals surface area contributed by atoms with Crippen LogP contribution in [-0.4, -0.2) is 14.9 Å². The normalized spacial score (nSPS) is 12.4. The zero-order valence-electron chi connectivity index (χ0n) is 12.0. The van der Waals surface area contributed by atoms with Crippen LogP contribution in [0.4, 0.5) is 0 Å². The highest BCUT2D eigenvalue weighted by molar-refractivity contribution is 5.85. The van der Waals surface area contributed by atoms with Gasteiger partial charge in [0, 0.05) is 25.0 Å². The molecule has 0 aliphatic rings. The Bertz CT molecular complexity index is 1020. The van der Waals surface area contributed by atoms with Crippen LogP contribution in [0, 0.1) is 11.3 Å². The first-order valence-electron chi connectivity index (χ1n) is 6.71. The third-order valence-corrected chi connectivity index (χ3v) is 3.96. The number of aromatic nitrogens is 2. The number of nitrogens with zero attached hydrogens (tertiary/aromatic N) is 3. The molecule has 1 unspecified atom stereocenters. The molecule has 0 N–H and O–H groups in total. The Morgan fingerprint density at radius 2 is 1.95 bits per heavy atom. The van der Waals surface area contributed by atoms with E-state index in [1.165, 1.54) is 17.4 Å². The van der Waals surface area contributed by atoms with Crippen molar-refractivity contribution in [1.82, 2.24) is 8.97 Å². The smallest absolute Gasteiger partial charge is 0.257 e. The van der Waals surface area contributed by atoms with E-state index in [0.29, 0.717) is 11.2 Å². The molecule has 0 fully saturated rings. The maximum Gasteiger partial charge on any atom is 0.257 e. The van der Waals surface area contributed by atoms with Crippen LogP contribution in [0.5, 0.6) is 0 Å². The first-order chi connectivity index (χ1) is 10.5. The van der Waals surface area contributed by atoms with Crippen molar-refractivity contribution in [3.8, 4) is 6.07 Å². The summed E-state index contributed by atoms with van der Waals surface area (Å²) in [6, 6.07) is 10.5. The van der Waals surface area contributed by atoms with Gasteiger partial charge in [0.25, 0.3) is 5.56 Å². The molecular formula is C16H12N3O3-. The second kappa shape index (κ2) is 4.74. The summed E-state index contributed by atoms with van der Waals surface area (Å²) >= 11 is 0. The van der Waals surface area contributed by atoms with Crippen LogP contribution in [0.2, 0.25) is 0 Å². The van der Waals surface area contributed by atoms with Crippen molar-refractivity contribution in [2.45, 2.75) is 12.8 Å². The van der Waals surface area contributed by atoms with E-state index in [2.05, 4.69) is 0 Å². The average molecular weight is 294 g/mol. The average Bonchev–Trinajstić information content (AvgIpc) is 2.81. The van der Waals surface area contributed by atoms with Crippen molar-refractivity contribution >= 4 is 22.6 Å². The highest BCUT2D eigenvalue weighted by Crippen LogP contribution is 2.25. The Hall–Kier alpha value is -3.07. The number of aryl methyl sites for hydroxylation is 1. The predicted molar refractivity (Wildman–Crippen MR) is 78.3 cm³/mol. The lowest BCUT2D eigenvalue weighted by Crippen LogP contribution is -2.30. The molecule has 6 heteroatoms. The molecule has 2 aromatic heterocycles. The number of para-hydroxylation sites is 2. The van der Waals surface area contributed by atoms with Crippen LogP contribution >= 0.6 is 0 Å². The summed E-state index contributed by atoms with van der Waals surface area (Å²) in [6.07, 6.45) is 0. The summed E-state index contributed by atoms with van der Waals surface area (Å²) in [4.78, 5) is 23.6. The zero-order chi connectivity index (χ0) is 16.0. The summed E-state index contributed by atoms with van der Waals surface area (Å²) in [6.45, 7) is 1.41. The number of benzene rings is 1. The number of carbonyl (C=O) groups excluding carboxylic acids is 1. The lowest BCUT2D eigenvalue weighted by Gasteiger charge is -2.15. The van der Waals surface area contributed by atoms with Crippen molar-refractivity contribution in [3.05, 3.63) is 51.8 Å². The number of aliphatic carboxylic acids is 1. The number of carboxylic acid groups (broad SMARTS) is 1. The monoisotopic (exact) mass is 294 g/mol. The molecule has 6 nitrogen and oxygen atoms in total. The first-order valence-corrected chi connectivity index (χ1v) is 6.71. The third-order valence-electron chi connectivity index (χ3n) is 3.96. The fraction of sp³-hybridized carbons (Fsp3) is 0.188. The van der Waals surface area contributed by atoms with E-state index in [-0.39, 0.29) is 16.7 Å². The Morgan fingerprint density at radius 1 is 1.32 bits per heavy atom. The van der Waals surface area contributed by atoms with Crippen molar-refractivity contribution in [3.63, 3.8) is 0 Å². The molecule has 3 rings (SSSR count). The second-order valence-electron chi connectivity index (χ2n) is 5.17. The van der Waals surface area contributed by atoms with Gasteiger partial charge in [-0.25, -0.2) is 0 Å². The molecule has 0 amide bonds. The van der Waals surface area contributed by atoms with E-state index in [4.69, 9.17) is 0 Å². The molecule has 110 valence electrons. The van der Waals surface area contributed by atoms with Crippen LogP contribution in [0.3, 0.4) is 0 Å². The molecule has 3 aromatic rings. The quantitative estimate of drug-likeness (QED) is 0.689. The van der Waals surface area contributed by atoms with Gasteiger partial charge in [0.1, 0.15) is 11.7 Å². The molecule has 1 atom stereocenters. The summed E-state index contributed by atoms with van der Waals surface area (Å²) in [5, 5.41) is 20.6. The number of imidazole rings is 1. The highest BCUT2D eigenvalue weighted by atomic mass is 16.4. The summed E-state index contributed by atoms with van der Waals surface area (Å²) in [5.74, 6) is -2.36. The number of carboxylic acids is 1. The molecule has 0 aliphatic heterocycles. The van der Waals surface area contributed by atoms with Gasteiger partial charge in [-0.1, -0.05) is 19.1 Å². The molecule has 0 bridgehead atoms. The second-order valence-corrected chi connectivity index (χ2v) is 5.17. The number of pyridine rings is 1. The lowest BCUT2D eigenvalue weighted by molar-refractivity contribution is -0.307. The van der Waals surface area contributed by atoms with Crippen LogP contribution in [-0.2, 0) is 11.8 Å². The summed E-state index contributed by atoms with van der Waals surface area (Å²) in [5.41, 5.74) is 1.84. The predicted octanol–water partition coefficient (Wildman–Crippen LogP) is 0.516. The molecule has 0 aliphatic carbocycles. The van der Waals surface area contributed by atoms with E-state index in [0.717, 1.165) is 5.52 Å². The van der Waals surface area contributed by atoms with Gasteiger partial charge in [-0.2, -0.15) is 5.26 Å². The molecule has 1 aromatic carbocycles. The maximum atomic E-state index is 12.4. The summed E-state index contributed by atoms with van der Waals surface area (Å²) < 4.78 is 3.15. The molecule has 0 saturated carbocycles. The fourth-order valence-electron chi connectivity index (χ4n) is 2.80. The lowest BCUT2D eigenvalue weighted by atomic mass is 9.97. The SMILES string of the molecule is CC(C(=O)[O-])c1cc(=O)n2c3ccccc3n(C)c2c1C#N. The topological polar surface area (TPSA) is 90.3 Å². The van der Waals surface area contributed by atoms with Gasteiger partial charge in [-0.15, -0.1) is 0 Å². The Kier molecular flexibility index (Phi) is 2.99. The van der Waals surface area contributed by atoms with Gasteiger partial charge < -0.3 is 14.5 Å². The number of hydrogen-bond acceptors (Lipinski definition) is 4. The van der Waals surface area contributed by atoms with Crippen molar-refractivity contribution in [1.29, 1.82) is 5.26 Å². The van der Waals surface area contributed by atoms with Crippen LogP contribution in [0.25, 0.3) is 16.7 Å². The molecule has 0 radical (unpaired) electrons. The summed E-state index contributed by atoms with van der Waals surface area (Å²) in [7, 11) is 1.74. The molecule has 2 heterocycles. The van der Waals surface area contributed by atoms with Gasteiger partial charge in [0.2, 0.25) is 0 Å². The molecule has 0 spiro atoms.